The van der Waals surface area contributed by atoms with Gasteiger partial charge in [0.1, 0.15) is 30.1 Å². The third-order valence-electron chi connectivity index (χ3n) is 10.4. The quantitative estimate of drug-likeness (QED) is 0.142. The molecule has 2 rings (SSSR count). The Labute approximate surface area is 276 Å². The first-order valence-corrected chi connectivity index (χ1v) is 16.8. The van der Waals surface area contributed by atoms with Gasteiger partial charge in [-0.3, -0.25) is 10.1 Å². The number of hydrogen-bond acceptors (Lipinski definition) is 13. The van der Waals surface area contributed by atoms with E-state index in [4.69, 9.17) is 18.9 Å². The number of nitrogens with one attached hydrogen (secondary N) is 2. The van der Waals surface area contributed by atoms with Gasteiger partial charge >= 0.3 is 5.97 Å². The van der Waals surface area contributed by atoms with Crippen LogP contribution in [0.25, 0.3) is 0 Å². The minimum absolute atomic E-state index is 0.149. The first-order chi connectivity index (χ1) is 21.1. The van der Waals surface area contributed by atoms with Crippen LogP contribution < -0.4 is 10.6 Å². The highest BCUT2D eigenvalue weighted by atomic mass is 16.7. The van der Waals surface area contributed by atoms with Gasteiger partial charge in [0.15, 0.2) is 6.29 Å². The molecule has 0 amide bonds. The number of carbonyl (C=O) groups excluding carboxylic acids is 1. The Balaban J connectivity index is 2.70. The highest BCUT2D eigenvalue weighted by Crippen LogP contribution is 2.40. The molecule has 15 atom stereocenters. The molecule has 0 bridgehead atoms. The van der Waals surface area contributed by atoms with E-state index < -0.39 is 77.6 Å². The molecule has 13 heteroatoms. The van der Waals surface area contributed by atoms with E-state index in [1.54, 1.807) is 34.6 Å². The summed E-state index contributed by atoms with van der Waals surface area (Å²) in [6, 6.07) is -0.862. The summed E-state index contributed by atoms with van der Waals surface area (Å²) in [5.41, 5.74) is -5.30. The molecule has 0 aromatic rings. The van der Waals surface area contributed by atoms with Crippen molar-refractivity contribution in [2.75, 3.05) is 34.3 Å². The number of cyclic esters (lactones) is 1. The average Bonchev–Trinajstić information content (AvgIpc) is 2.98. The lowest BCUT2D eigenvalue weighted by Gasteiger charge is -2.49. The van der Waals surface area contributed by atoms with E-state index in [0.29, 0.717) is 13.0 Å². The predicted molar refractivity (Wildman–Crippen MR) is 174 cm³/mol. The van der Waals surface area contributed by atoms with Crippen molar-refractivity contribution in [3.05, 3.63) is 0 Å². The summed E-state index contributed by atoms with van der Waals surface area (Å²) in [4.78, 5) is 15.8. The number of ether oxygens (including phenoxy) is 4. The SMILES string of the molecule is CC[C@H]1OC(=O)C(C)[C@@](O)(CNC(C)OC)[C@H](C)[C@@H](O[C@@H]2O[C@H](C)C[C@H](N(C)C)[C@H]2O)[C@@](C)(O)C[C@@H](C)CN[C@H](C)[C@@H](O)[C@]1(C)O. The third kappa shape index (κ3) is 9.59. The molecule has 0 saturated carbocycles. The number of carbonyl (C=O) groups is 1. The van der Waals surface area contributed by atoms with Gasteiger partial charge in [0.05, 0.1) is 29.3 Å². The Morgan fingerprint density at radius 1 is 1.11 bits per heavy atom. The van der Waals surface area contributed by atoms with Crippen LogP contribution in [0.15, 0.2) is 0 Å². The van der Waals surface area contributed by atoms with Crippen LogP contribution in [0.3, 0.4) is 0 Å². The second kappa shape index (κ2) is 16.6. The van der Waals surface area contributed by atoms with E-state index in [0.717, 1.165) is 0 Å². The molecule has 2 aliphatic rings. The van der Waals surface area contributed by atoms with Crippen molar-refractivity contribution >= 4 is 5.97 Å². The summed E-state index contributed by atoms with van der Waals surface area (Å²) in [5, 5.41) is 65.2. The van der Waals surface area contributed by atoms with E-state index in [2.05, 4.69) is 10.6 Å². The average molecular weight is 664 g/mol. The fourth-order valence-corrected chi connectivity index (χ4v) is 7.11. The second-order valence-corrected chi connectivity index (χ2v) is 14.8. The minimum Gasteiger partial charge on any atom is -0.459 e. The number of aliphatic hydroxyl groups excluding tert-OH is 2. The number of methoxy groups -OCH3 is 1. The third-order valence-corrected chi connectivity index (χ3v) is 10.4. The zero-order chi connectivity index (χ0) is 35.4. The zero-order valence-electron chi connectivity index (χ0n) is 30.2. The Kier molecular flexibility index (Phi) is 14.9. The molecule has 2 fully saturated rings. The van der Waals surface area contributed by atoms with Crippen LogP contribution in [0.5, 0.6) is 0 Å². The summed E-state index contributed by atoms with van der Waals surface area (Å²) in [7, 11) is 5.25. The van der Waals surface area contributed by atoms with Crippen molar-refractivity contribution < 1.29 is 49.3 Å². The molecule has 2 saturated heterocycles. The lowest BCUT2D eigenvalue weighted by atomic mass is 9.70. The van der Waals surface area contributed by atoms with Gasteiger partial charge in [-0.25, -0.2) is 0 Å². The maximum Gasteiger partial charge on any atom is 0.312 e. The molecular formula is C33H65N3O10. The Morgan fingerprint density at radius 2 is 1.72 bits per heavy atom. The van der Waals surface area contributed by atoms with Crippen LogP contribution in [0.1, 0.15) is 81.6 Å². The van der Waals surface area contributed by atoms with Crippen molar-refractivity contribution in [1.82, 2.24) is 15.5 Å². The van der Waals surface area contributed by atoms with Crippen LogP contribution in [0.4, 0.5) is 0 Å². The van der Waals surface area contributed by atoms with E-state index in [1.807, 2.05) is 32.8 Å². The van der Waals surface area contributed by atoms with Gasteiger partial charge in [-0.05, 0) is 87.4 Å². The molecule has 0 spiro atoms. The maximum absolute atomic E-state index is 13.9. The number of rotatable bonds is 8. The van der Waals surface area contributed by atoms with Crippen molar-refractivity contribution in [2.45, 2.75) is 154 Å². The van der Waals surface area contributed by atoms with Gasteiger partial charge in [0.25, 0.3) is 0 Å². The highest BCUT2D eigenvalue weighted by Gasteiger charge is 2.54. The van der Waals surface area contributed by atoms with Gasteiger partial charge in [0, 0.05) is 31.7 Å². The number of esters is 1. The summed E-state index contributed by atoms with van der Waals surface area (Å²) < 4.78 is 23.9. The first-order valence-electron chi connectivity index (χ1n) is 16.8. The molecule has 0 radical (unpaired) electrons. The van der Waals surface area contributed by atoms with Gasteiger partial charge in [-0.15, -0.1) is 0 Å². The van der Waals surface area contributed by atoms with Crippen LogP contribution in [-0.4, -0.2) is 143 Å². The largest absolute Gasteiger partial charge is 0.459 e. The molecule has 2 aliphatic heterocycles. The molecule has 0 aromatic heterocycles. The Bertz CT molecular complexity index is 955. The van der Waals surface area contributed by atoms with Gasteiger partial charge < -0.3 is 54.7 Å². The lowest BCUT2D eigenvalue weighted by Crippen LogP contribution is -2.64. The van der Waals surface area contributed by atoms with Gasteiger partial charge in [0.2, 0.25) is 0 Å². The molecule has 272 valence electrons. The Morgan fingerprint density at radius 3 is 2.26 bits per heavy atom. The summed E-state index contributed by atoms with van der Waals surface area (Å²) in [6.45, 7) is 15.6. The van der Waals surface area contributed by atoms with Crippen LogP contribution in [0, 0.1) is 17.8 Å². The second-order valence-electron chi connectivity index (χ2n) is 14.8. The molecule has 13 nitrogen and oxygen atoms in total. The van der Waals surface area contributed by atoms with E-state index in [-0.39, 0.29) is 37.5 Å². The number of aliphatic hydroxyl groups is 5. The smallest absolute Gasteiger partial charge is 0.312 e. The van der Waals surface area contributed by atoms with Crippen molar-refractivity contribution in [2.24, 2.45) is 17.8 Å². The monoisotopic (exact) mass is 663 g/mol. The highest BCUT2D eigenvalue weighted by molar-refractivity contribution is 5.74. The van der Waals surface area contributed by atoms with Crippen LogP contribution in [0.2, 0.25) is 0 Å². The van der Waals surface area contributed by atoms with E-state index >= 15 is 0 Å². The van der Waals surface area contributed by atoms with Crippen molar-refractivity contribution in [3.63, 3.8) is 0 Å². The van der Waals surface area contributed by atoms with Gasteiger partial charge in [-0.1, -0.05) is 20.8 Å². The summed E-state index contributed by atoms with van der Waals surface area (Å²) >= 11 is 0. The minimum atomic E-state index is -1.90. The molecule has 2 heterocycles. The maximum atomic E-state index is 13.9. The Hall–Kier alpha value is -0.970. The number of hydrogen-bond donors (Lipinski definition) is 7. The zero-order valence-corrected chi connectivity index (χ0v) is 30.2. The van der Waals surface area contributed by atoms with Crippen molar-refractivity contribution in [3.8, 4) is 0 Å². The molecule has 0 aromatic carbocycles. The topological polar surface area (TPSA) is 182 Å². The number of likely N-dealkylation sites (N-methyl/N-ethyl adjacent to an activating group) is 1. The fourth-order valence-electron chi connectivity index (χ4n) is 7.11. The predicted octanol–water partition coefficient (Wildman–Crippen LogP) is 0.586. The molecule has 46 heavy (non-hydrogen) atoms. The van der Waals surface area contributed by atoms with E-state index in [1.165, 1.54) is 21.0 Å². The standard InChI is InChI=1S/C33H65N3O10/c1-13-25-32(9,41)27(38)22(6)34-16-18(2)15-31(8,40)28(46-30-26(37)24(36(10)11)14-19(3)44-30)20(4)33(42,17-35-23(7)43-12)21(5)29(39)45-25/h18-28,30,34-35,37-38,40-42H,13-17H2,1-12H3/t18-,19-,20-,21?,22-,23?,24+,25-,26-,27-,28-,30+,31+,32-,33-/m1/s1. The number of nitrogens with zero attached hydrogens (tertiary/aromatic N) is 1. The lowest BCUT2D eigenvalue weighted by molar-refractivity contribution is -0.304. The van der Waals surface area contributed by atoms with Gasteiger partial charge in [-0.2, -0.15) is 0 Å². The van der Waals surface area contributed by atoms with E-state index in [9.17, 15) is 30.3 Å². The summed E-state index contributed by atoms with van der Waals surface area (Å²) in [5.74, 6) is -3.10. The molecular weight excluding hydrogens is 598 g/mol. The summed E-state index contributed by atoms with van der Waals surface area (Å²) in [6.07, 6.45) is -5.47. The normalized spacial score (nSPS) is 46.3. The molecule has 0 aliphatic carbocycles. The van der Waals surface area contributed by atoms with Crippen LogP contribution in [-0.2, 0) is 23.7 Å². The first kappa shape index (κ1) is 41.2. The molecule has 7 N–H and O–H groups in total. The fraction of sp³-hybridized carbons (Fsp3) is 0.970. The molecule has 2 unspecified atom stereocenters. The van der Waals surface area contributed by atoms with Crippen LogP contribution >= 0.6 is 0 Å². The van der Waals surface area contributed by atoms with Crippen molar-refractivity contribution in [1.29, 1.82) is 0 Å².